The number of rotatable bonds is 1. The van der Waals surface area contributed by atoms with Crippen LogP contribution in [0.15, 0.2) is 65.7 Å². The Balaban J connectivity index is 0.00000121. The van der Waals surface area contributed by atoms with E-state index in [1.165, 1.54) is 21.9 Å². The summed E-state index contributed by atoms with van der Waals surface area (Å²) in [6.45, 7) is 0. The fourth-order valence-corrected chi connectivity index (χ4v) is 3.59. The molecule has 0 aliphatic carbocycles. The number of halogens is 2. The van der Waals surface area contributed by atoms with Crippen LogP contribution in [0.2, 0.25) is 5.02 Å². The first-order chi connectivity index (χ1) is 11.6. The lowest BCUT2D eigenvalue weighted by atomic mass is 9.88. The van der Waals surface area contributed by atoms with E-state index in [0.29, 0.717) is 0 Å². The van der Waals surface area contributed by atoms with Gasteiger partial charge in [0.25, 0.3) is 0 Å². The maximum atomic E-state index is 6.49. The number of hydrogen-bond donors (Lipinski definition) is 0. The molecule has 3 aromatic carbocycles. The SMILES string of the molecule is CN(C)C1=NC(c2ccccc2Cl)c2cc3ccccc3cc2C1.Cl.O. The summed E-state index contributed by atoms with van der Waals surface area (Å²) in [4.78, 5) is 7.12. The van der Waals surface area contributed by atoms with Gasteiger partial charge in [-0.15, -0.1) is 12.4 Å². The van der Waals surface area contributed by atoms with Gasteiger partial charge in [0, 0.05) is 25.5 Å². The van der Waals surface area contributed by atoms with E-state index in [-0.39, 0.29) is 23.9 Å². The highest BCUT2D eigenvalue weighted by atomic mass is 35.5. The quantitative estimate of drug-likeness (QED) is 0.595. The second-order valence-corrected chi connectivity index (χ2v) is 6.85. The number of fused-ring (bicyclic) bond motifs is 2. The second-order valence-electron chi connectivity index (χ2n) is 6.44. The van der Waals surface area contributed by atoms with Gasteiger partial charge in [0.1, 0.15) is 11.9 Å². The summed E-state index contributed by atoms with van der Waals surface area (Å²) in [6, 6.07) is 21.0. The maximum absolute atomic E-state index is 6.49. The first-order valence-electron chi connectivity index (χ1n) is 8.13. The van der Waals surface area contributed by atoms with Crippen LogP contribution in [-0.4, -0.2) is 30.3 Å². The lowest BCUT2D eigenvalue weighted by Crippen LogP contribution is -2.28. The molecule has 0 bridgehead atoms. The van der Waals surface area contributed by atoms with Gasteiger partial charge in [-0.1, -0.05) is 60.1 Å². The molecule has 0 saturated carbocycles. The topological polar surface area (TPSA) is 47.1 Å². The molecule has 3 nitrogen and oxygen atoms in total. The third-order valence-corrected chi connectivity index (χ3v) is 4.99. The van der Waals surface area contributed by atoms with E-state index in [1.54, 1.807) is 0 Å². The molecular formula is C21H22Cl2N2O. The van der Waals surface area contributed by atoms with Crippen molar-refractivity contribution < 1.29 is 5.48 Å². The van der Waals surface area contributed by atoms with E-state index in [1.807, 2.05) is 18.2 Å². The van der Waals surface area contributed by atoms with Gasteiger partial charge < -0.3 is 10.4 Å². The Labute approximate surface area is 165 Å². The monoisotopic (exact) mass is 388 g/mol. The molecule has 0 saturated heterocycles. The summed E-state index contributed by atoms with van der Waals surface area (Å²) < 4.78 is 0. The van der Waals surface area contributed by atoms with Gasteiger partial charge in [0.05, 0.1) is 0 Å². The second kappa shape index (κ2) is 8.09. The van der Waals surface area contributed by atoms with Gasteiger partial charge in [-0.3, -0.25) is 4.99 Å². The normalized spacial score (nSPS) is 15.3. The zero-order valence-corrected chi connectivity index (χ0v) is 16.3. The summed E-state index contributed by atoms with van der Waals surface area (Å²) in [5.41, 5.74) is 3.65. The molecule has 0 fully saturated rings. The van der Waals surface area contributed by atoms with Crippen LogP contribution in [0.4, 0.5) is 0 Å². The molecule has 1 aliphatic heterocycles. The molecule has 4 rings (SSSR count). The molecule has 0 amide bonds. The molecule has 2 N–H and O–H groups in total. The van der Waals surface area contributed by atoms with E-state index in [9.17, 15) is 0 Å². The van der Waals surface area contributed by atoms with Crippen molar-refractivity contribution in [3.63, 3.8) is 0 Å². The highest BCUT2D eigenvalue weighted by molar-refractivity contribution is 6.31. The molecule has 0 aromatic heterocycles. The highest BCUT2D eigenvalue weighted by Gasteiger charge is 2.25. The Morgan fingerprint density at radius 3 is 2.19 bits per heavy atom. The van der Waals surface area contributed by atoms with E-state index in [0.717, 1.165) is 22.8 Å². The molecule has 26 heavy (non-hydrogen) atoms. The summed E-state index contributed by atoms with van der Waals surface area (Å²) in [7, 11) is 4.10. The fourth-order valence-electron chi connectivity index (χ4n) is 3.35. The molecule has 136 valence electrons. The average molecular weight is 389 g/mol. The van der Waals surface area contributed by atoms with Crippen LogP contribution in [-0.2, 0) is 6.42 Å². The maximum Gasteiger partial charge on any atom is 0.104 e. The van der Waals surface area contributed by atoms with Crippen molar-refractivity contribution in [2.75, 3.05) is 14.1 Å². The Hall–Kier alpha value is -2.07. The van der Waals surface area contributed by atoms with Gasteiger partial charge >= 0.3 is 0 Å². The van der Waals surface area contributed by atoms with Crippen molar-refractivity contribution in [2.24, 2.45) is 4.99 Å². The molecule has 5 heteroatoms. The lowest BCUT2D eigenvalue weighted by Gasteiger charge is -2.28. The zero-order valence-electron chi connectivity index (χ0n) is 14.7. The molecule has 1 heterocycles. The van der Waals surface area contributed by atoms with Crippen molar-refractivity contribution in [3.8, 4) is 0 Å². The van der Waals surface area contributed by atoms with Crippen LogP contribution in [0.25, 0.3) is 10.8 Å². The summed E-state index contributed by atoms with van der Waals surface area (Å²) >= 11 is 6.49. The fraction of sp³-hybridized carbons (Fsp3) is 0.190. The van der Waals surface area contributed by atoms with Crippen LogP contribution in [0.5, 0.6) is 0 Å². The van der Waals surface area contributed by atoms with Crippen LogP contribution in [0.3, 0.4) is 0 Å². The van der Waals surface area contributed by atoms with Crippen LogP contribution in [0.1, 0.15) is 22.7 Å². The molecular weight excluding hydrogens is 367 g/mol. The third kappa shape index (κ3) is 3.56. The van der Waals surface area contributed by atoms with Crippen molar-refractivity contribution in [1.82, 2.24) is 4.90 Å². The van der Waals surface area contributed by atoms with Gasteiger partial charge in [0.2, 0.25) is 0 Å². The van der Waals surface area contributed by atoms with Crippen LogP contribution in [0, 0.1) is 0 Å². The number of nitrogens with zero attached hydrogens (tertiary/aromatic N) is 2. The van der Waals surface area contributed by atoms with Crippen molar-refractivity contribution in [3.05, 3.63) is 82.4 Å². The van der Waals surface area contributed by atoms with E-state index in [2.05, 4.69) is 61.5 Å². The highest BCUT2D eigenvalue weighted by Crippen LogP contribution is 2.38. The van der Waals surface area contributed by atoms with Crippen LogP contribution >= 0.6 is 24.0 Å². The summed E-state index contributed by atoms with van der Waals surface area (Å²) in [5.74, 6) is 1.09. The number of hydrogen-bond acceptors (Lipinski definition) is 2. The molecule has 1 unspecified atom stereocenters. The standard InChI is InChI=1S/C21H19ClN2.ClH.H2O/c1-24(2)20-13-16-11-14-7-3-4-8-15(14)12-18(16)21(23-20)17-9-5-6-10-19(17)22;;/h3-12,21H,13H2,1-2H3;1H;1H2. The molecule has 0 radical (unpaired) electrons. The molecule has 1 aliphatic rings. The predicted octanol–water partition coefficient (Wildman–Crippen LogP) is 4.70. The molecule has 1 atom stereocenters. The Morgan fingerprint density at radius 2 is 1.54 bits per heavy atom. The Kier molecular flexibility index (Phi) is 6.30. The Morgan fingerprint density at radius 1 is 0.923 bits per heavy atom. The lowest BCUT2D eigenvalue weighted by molar-refractivity contribution is 0.592. The molecule has 3 aromatic rings. The van der Waals surface area contributed by atoms with E-state index >= 15 is 0 Å². The predicted molar refractivity (Wildman–Crippen MR) is 113 cm³/mol. The number of aliphatic imine (C=N–C) groups is 1. The van der Waals surface area contributed by atoms with Crippen molar-refractivity contribution in [2.45, 2.75) is 12.5 Å². The zero-order chi connectivity index (χ0) is 16.7. The number of amidine groups is 1. The Bertz CT molecular complexity index is 954. The average Bonchev–Trinajstić information content (AvgIpc) is 2.59. The third-order valence-electron chi connectivity index (χ3n) is 4.64. The minimum atomic E-state index is -0.0514. The molecule has 0 spiro atoms. The first-order valence-corrected chi connectivity index (χ1v) is 8.51. The van der Waals surface area contributed by atoms with Crippen molar-refractivity contribution >= 4 is 40.6 Å². The largest absolute Gasteiger partial charge is 0.412 e. The number of benzene rings is 3. The van der Waals surface area contributed by atoms with E-state index in [4.69, 9.17) is 16.6 Å². The smallest absolute Gasteiger partial charge is 0.104 e. The summed E-state index contributed by atoms with van der Waals surface area (Å²) in [6.07, 6.45) is 0.855. The minimum Gasteiger partial charge on any atom is -0.412 e. The van der Waals surface area contributed by atoms with Gasteiger partial charge in [-0.25, -0.2) is 0 Å². The minimum absolute atomic E-state index is 0. The van der Waals surface area contributed by atoms with Crippen LogP contribution < -0.4 is 0 Å². The van der Waals surface area contributed by atoms with Gasteiger partial charge in [-0.05, 0) is 39.6 Å². The van der Waals surface area contributed by atoms with Crippen molar-refractivity contribution in [1.29, 1.82) is 0 Å². The first kappa shape index (κ1) is 20.2. The summed E-state index contributed by atoms with van der Waals surface area (Å²) in [5, 5.41) is 3.29. The van der Waals surface area contributed by atoms with E-state index < -0.39 is 0 Å². The van der Waals surface area contributed by atoms with Gasteiger partial charge in [-0.2, -0.15) is 0 Å². The van der Waals surface area contributed by atoms with Gasteiger partial charge in [0.15, 0.2) is 0 Å². The number of likely N-dealkylation sites (N-methyl/N-ethyl adjacent to an activating group) is 1.